The van der Waals surface area contributed by atoms with Crippen LogP contribution in [0, 0.1) is 5.92 Å². The number of para-hydroxylation sites is 1. The molecule has 0 saturated carbocycles. The van der Waals surface area contributed by atoms with Crippen LogP contribution >= 0.6 is 0 Å². The molecule has 29 heavy (non-hydrogen) atoms. The molecule has 1 aromatic carbocycles. The van der Waals surface area contributed by atoms with Gasteiger partial charge in [0.25, 0.3) is 0 Å². The molecular weight excluding hydrogens is 364 g/mol. The molecule has 1 N–H and O–H groups in total. The minimum absolute atomic E-state index is 0.154. The molecule has 1 saturated heterocycles. The molecule has 0 bridgehead atoms. The fourth-order valence-electron chi connectivity index (χ4n) is 4.00. The number of hydrogen-bond donors (Lipinski definition) is 1. The van der Waals surface area contributed by atoms with Gasteiger partial charge in [-0.2, -0.15) is 0 Å². The summed E-state index contributed by atoms with van der Waals surface area (Å²) in [6.07, 6.45) is 2.13. The highest BCUT2D eigenvalue weighted by Crippen LogP contribution is 2.25. The van der Waals surface area contributed by atoms with Gasteiger partial charge < -0.3 is 9.63 Å². The second kappa shape index (κ2) is 7.73. The van der Waals surface area contributed by atoms with E-state index >= 15 is 0 Å². The van der Waals surface area contributed by atoms with Crippen molar-refractivity contribution in [2.45, 2.75) is 19.1 Å². The maximum atomic E-state index is 10.6. The van der Waals surface area contributed by atoms with Gasteiger partial charge in [0, 0.05) is 42.4 Å². The Bertz CT molecular complexity index is 1110. The standard InChI is InChI=1S/C23H22N4O2/c28-23-15-27(14-19-12-22(26-29-19)21-7-3-4-10-24-21)13-17(23)11-18-9-8-16-5-1-2-6-20(16)25-18/h1-10,12,17,23,28H,11,13-15H2. The molecule has 6 heteroatoms. The van der Waals surface area contributed by atoms with Crippen LogP contribution in [0.2, 0.25) is 0 Å². The van der Waals surface area contributed by atoms with Crippen LogP contribution in [0.25, 0.3) is 22.3 Å². The number of aliphatic hydroxyl groups excluding tert-OH is 1. The fraction of sp³-hybridized carbons (Fsp3) is 0.261. The number of benzene rings is 1. The van der Waals surface area contributed by atoms with E-state index in [1.807, 2.05) is 42.5 Å². The average molecular weight is 386 g/mol. The van der Waals surface area contributed by atoms with E-state index in [4.69, 9.17) is 9.51 Å². The molecule has 0 aliphatic carbocycles. The molecule has 4 aromatic rings. The van der Waals surface area contributed by atoms with E-state index in [1.54, 1.807) is 6.20 Å². The number of aromatic nitrogens is 3. The summed E-state index contributed by atoms with van der Waals surface area (Å²) in [5.74, 6) is 0.934. The Balaban J connectivity index is 1.24. The third-order valence-electron chi connectivity index (χ3n) is 5.48. The average Bonchev–Trinajstić information content (AvgIpc) is 3.35. The van der Waals surface area contributed by atoms with Gasteiger partial charge >= 0.3 is 0 Å². The number of nitrogens with zero attached hydrogens (tertiary/aromatic N) is 4. The van der Waals surface area contributed by atoms with Crippen molar-refractivity contribution >= 4 is 10.9 Å². The largest absolute Gasteiger partial charge is 0.391 e. The Morgan fingerprint density at radius 1 is 1.00 bits per heavy atom. The number of aliphatic hydroxyl groups is 1. The minimum Gasteiger partial charge on any atom is -0.391 e. The van der Waals surface area contributed by atoms with Gasteiger partial charge in [-0.25, -0.2) is 0 Å². The summed E-state index contributed by atoms with van der Waals surface area (Å²) in [7, 11) is 0. The summed E-state index contributed by atoms with van der Waals surface area (Å²) >= 11 is 0. The zero-order valence-electron chi connectivity index (χ0n) is 16.0. The maximum absolute atomic E-state index is 10.6. The lowest BCUT2D eigenvalue weighted by molar-refractivity contribution is 0.139. The van der Waals surface area contributed by atoms with Gasteiger partial charge in [0.1, 0.15) is 5.69 Å². The molecule has 1 aliphatic heterocycles. The molecule has 1 aliphatic rings. The van der Waals surface area contributed by atoms with Crippen molar-refractivity contribution < 1.29 is 9.63 Å². The molecule has 2 atom stereocenters. The highest BCUT2D eigenvalue weighted by molar-refractivity contribution is 5.78. The van der Waals surface area contributed by atoms with Crippen LogP contribution in [0.1, 0.15) is 11.5 Å². The van der Waals surface area contributed by atoms with Crippen molar-refractivity contribution in [2.24, 2.45) is 5.92 Å². The van der Waals surface area contributed by atoms with Crippen LogP contribution in [0.5, 0.6) is 0 Å². The first-order chi connectivity index (χ1) is 14.2. The molecule has 0 radical (unpaired) electrons. The van der Waals surface area contributed by atoms with Crippen LogP contribution in [0.3, 0.4) is 0 Å². The summed E-state index contributed by atoms with van der Waals surface area (Å²) in [6, 6.07) is 19.9. The summed E-state index contributed by atoms with van der Waals surface area (Å²) in [4.78, 5) is 11.3. The summed E-state index contributed by atoms with van der Waals surface area (Å²) < 4.78 is 5.49. The van der Waals surface area contributed by atoms with Crippen molar-refractivity contribution in [1.29, 1.82) is 0 Å². The Kier molecular flexibility index (Phi) is 4.79. The predicted molar refractivity (Wildman–Crippen MR) is 110 cm³/mol. The van der Waals surface area contributed by atoms with E-state index in [2.05, 4.69) is 33.2 Å². The monoisotopic (exact) mass is 386 g/mol. The van der Waals surface area contributed by atoms with Gasteiger partial charge in [-0.05, 0) is 30.7 Å². The normalized spacial score (nSPS) is 19.8. The molecular formula is C23H22N4O2. The van der Waals surface area contributed by atoms with Crippen LogP contribution in [0.15, 0.2) is 71.4 Å². The van der Waals surface area contributed by atoms with E-state index in [9.17, 15) is 5.11 Å². The van der Waals surface area contributed by atoms with E-state index in [1.165, 1.54) is 0 Å². The first kappa shape index (κ1) is 18.0. The molecule has 1 fully saturated rings. The number of hydrogen-bond acceptors (Lipinski definition) is 6. The van der Waals surface area contributed by atoms with Gasteiger partial charge in [-0.15, -0.1) is 0 Å². The van der Waals surface area contributed by atoms with E-state index in [0.29, 0.717) is 13.1 Å². The minimum atomic E-state index is -0.374. The topological polar surface area (TPSA) is 75.3 Å². The molecule has 4 heterocycles. The second-order valence-corrected chi connectivity index (χ2v) is 7.61. The van der Waals surface area contributed by atoms with Crippen molar-refractivity contribution in [3.63, 3.8) is 0 Å². The lowest BCUT2D eigenvalue weighted by Crippen LogP contribution is -2.21. The van der Waals surface area contributed by atoms with Crippen molar-refractivity contribution in [1.82, 2.24) is 20.0 Å². The highest BCUT2D eigenvalue weighted by Gasteiger charge is 2.32. The first-order valence-corrected chi connectivity index (χ1v) is 9.87. The summed E-state index contributed by atoms with van der Waals surface area (Å²) in [6.45, 7) is 2.05. The SMILES string of the molecule is OC1CN(Cc2cc(-c3ccccn3)no2)CC1Cc1ccc2ccccc2n1. The van der Waals surface area contributed by atoms with Crippen molar-refractivity contribution in [3.8, 4) is 11.4 Å². The third kappa shape index (κ3) is 3.90. The molecule has 0 spiro atoms. The van der Waals surface area contributed by atoms with E-state index < -0.39 is 0 Å². The Morgan fingerprint density at radius 2 is 1.90 bits per heavy atom. The van der Waals surface area contributed by atoms with Crippen LogP contribution < -0.4 is 0 Å². The fourth-order valence-corrected chi connectivity index (χ4v) is 4.00. The second-order valence-electron chi connectivity index (χ2n) is 7.61. The van der Waals surface area contributed by atoms with Crippen LogP contribution in [-0.4, -0.2) is 44.3 Å². The number of likely N-dealkylation sites (tertiary alicyclic amines) is 1. The Hall–Kier alpha value is -3.09. The summed E-state index contributed by atoms with van der Waals surface area (Å²) in [5.41, 5.74) is 3.55. The molecule has 0 amide bonds. The predicted octanol–water partition coefficient (Wildman–Crippen LogP) is 3.32. The zero-order chi connectivity index (χ0) is 19.6. The van der Waals surface area contributed by atoms with Gasteiger partial charge in [0.15, 0.2) is 5.76 Å². The Labute approximate surface area is 168 Å². The lowest BCUT2D eigenvalue weighted by atomic mass is 9.99. The van der Waals surface area contributed by atoms with Crippen molar-refractivity contribution in [3.05, 3.63) is 78.3 Å². The molecule has 146 valence electrons. The first-order valence-electron chi connectivity index (χ1n) is 9.87. The van der Waals surface area contributed by atoms with Crippen LogP contribution in [0.4, 0.5) is 0 Å². The van der Waals surface area contributed by atoms with Gasteiger partial charge in [-0.1, -0.05) is 35.5 Å². The van der Waals surface area contributed by atoms with Gasteiger partial charge in [-0.3, -0.25) is 14.9 Å². The molecule has 2 unspecified atom stereocenters. The third-order valence-corrected chi connectivity index (χ3v) is 5.48. The molecule has 5 rings (SSSR count). The number of β-amino-alcohol motifs (C(OH)–C–C–N with tert-alkyl or cyclic N) is 1. The maximum Gasteiger partial charge on any atom is 0.151 e. The molecule has 3 aromatic heterocycles. The summed E-state index contributed by atoms with van der Waals surface area (Å²) in [5, 5.41) is 15.8. The highest BCUT2D eigenvalue weighted by atomic mass is 16.5. The van der Waals surface area contributed by atoms with E-state index in [-0.39, 0.29) is 12.0 Å². The smallest absolute Gasteiger partial charge is 0.151 e. The van der Waals surface area contributed by atoms with Gasteiger partial charge in [0.2, 0.25) is 0 Å². The zero-order valence-corrected chi connectivity index (χ0v) is 16.0. The van der Waals surface area contributed by atoms with Gasteiger partial charge in [0.05, 0.1) is 23.9 Å². The number of fused-ring (bicyclic) bond motifs is 1. The Morgan fingerprint density at radius 3 is 2.79 bits per heavy atom. The quantitative estimate of drug-likeness (QED) is 0.567. The lowest BCUT2D eigenvalue weighted by Gasteiger charge is -2.14. The number of pyridine rings is 2. The van der Waals surface area contributed by atoms with Crippen LogP contribution in [-0.2, 0) is 13.0 Å². The van der Waals surface area contributed by atoms with Crippen molar-refractivity contribution in [2.75, 3.05) is 13.1 Å². The number of rotatable bonds is 5. The van der Waals surface area contributed by atoms with E-state index in [0.717, 1.165) is 46.7 Å². The molecule has 6 nitrogen and oxygen atoms in total.